The van der Waals surface area contributed by atoms with Gasteiger partial charge in [0.15, 0.2) is 18.0 Å². The fourth-order valence-corrected chi connectivity index (χ4v) is 4.34. The molecule has 3 rings (SSSR count). The average molecular weight is 428 g/mol. The minimum absolute atomic E-state index is 0.0845. The van der Waals surface area contributed by atoms with E-state index in [4.69, 9.17) is 14.2 Å². The summed E-state index contributed by atoms with van der Waals surface area (Å²) in [6.45, 7) is 4.99. The van der Waals surface area contributed by atoms with Crippen molar-refractivity contribution >= 4 is 17.6 Å². The molecule has 2 N–H and O–H groups in total. The first kappa shape index (κ1) is 22.6. The monoisotopic (exact) mass is 427 g/mol. The lowest BCUT2D eigenvalue weighted by Gasteiger charge is -2.34. The zero-order valence-corrected chi connectivity index (χ0v) is 18.8. The van der Waals surface area contributed by atoms with Gasteiger partial charge in [0, 0.05) is 17.7 Å². The Hall–Kier alpha value is -3.06. The number of fused-ring (bicyclic) bond motifs is 1. The standard InChI is InChI=1S/C24H30N2O5/c1-15-8-16(2)10-18(9-15)25-23(27)14-26-7-6-17-11-21(29-3)22(30-4)12-19(17)20(26)13-24(28)31-5/h8-12,20H,6-7,13-14H2,1-5H3,(H,25,27)/p+1/t20-/m0/s1. The predicted octanol–water partition coefficient (Wildman–Crippen LogP) is 2.00. The Morgan fingerprint density at radius 1 is 1.00 bits per heavy atom. The molecule has 1 amide bonds. The normalized spacial score (nSPS) is 17.5. The maximum Gasteiger partial charge on any atom is 0.311 e. The first-order chi connectivity index (χ1) is 14.8. The van der Waals surface area contributed by atoms with Crippen molar-refractivity contribution in [2.24, 2.45) is 0 Å². The highest BCUT2D eigenvalue weighted by Crippen LogP contribution is 2.35. The van der Waals surface area contributed by atoms with Crippen LogP contribution in [0.25, 0.3) is 0 Å². The van der Waals surface area contributed by atoms with Crippen LogP contribution in [0.4, 0.5) is 5.69 Å². The van der Waals surface area contributed by atoms with Crippen LogP contribution in [0.3, 0.4) is 0 Å². The van der Waals surface area contributed by atoms with Crippen molar-refractivity contribution in [3.05, 3.63) is 52.6 Å². The van der Waals surface area contributed by atoms with Gasteiger partial charge in [-0.05, 0) is 54.8 Å². The Balaban J connectivity index is 1.85. The fourth-order valence-electron chi connectivity index (χ4n) is 4.34. The molecule has 2 atom stereocenters. The minimum atomic E-state index is -0.306. The molecule has 2 aromatic carbocycles. The number of hydrogen-bond acceptors (Lipinski definition) is 5. The molecule has 0 spiro atoms. The number of methoxy groups -OCH3 is 3. The van der Waals surface area contributed by atoms with Crippen molar-refractivity contribution in [2.45, 2.75) is 32.7 Å². The van der Waals surface area contributed by atoms with Gasteiger partial charge in [0.25, 0.3) is 5.91 Å². The molecule has 0 radical (unpaired) electrons. The molecule has 0 aliphatic carbocycles. The Labute approximate surface area is 183 Å². The molecular formula is C24H31N2O5+. The quantitative estimate of drug-likeness (QED) is 0.661. The largest absolute Gasteiger partial charge is 0.493 e. The zero-order chi connectivity index (χ0) is 22.5. The average Bonchev–Trinajstić information content (AvgIpc) is 2.73. The van der Waals surface area contributed by atoms with E-state index in [0.717, 1.165) is 45.8 Å². The van der Waals surface area contributed by atoms with Crippen LogP contribution in [0.15, 0.2) is 30.3 Å². The Bertz CT molecular complexity index is 952. The topological polar surface area (TPSA) is 78.3 Å². The van der Waals surface area contributed by atoms with Crippen LogP contribution >= 0.6 is 0 Å². The van der Waals surface area contributed by atoms with Gasteiger partial charge in [0.1, 0.15) is 12.5 Å². The Morgan fingerprint density at radius 2 is 1.65 bits per heavy atom. The number of benzene rings is 2. The van der Waals surface area contributed by atoms with E-state index in [2.05, 4.69) is 11.4 Å². The van der Waals surface area contributed by atoms with Crippen molar-refractivity contribution in [3.8, 4) is 11.5 Å². The number of rotatable bonds is 7. The molecule has 0 saturated heterocycles. The SMILES string of the molecule is COC(=O)C[C@H]1c2cc(OC)c(OC)cc2CC[NH+]1CC(=O)Nc1cc(C)cc(C)c1. The summed E-state index contributed by atoms with van der Waals surface area (Å²) in [6, 6.07) is 9.65. The third-order valence-corrected chi connectivity index (χ3v) is 5.72. The van der Waals surface area contributed by atoms with Crippen molar-refractivity contribution in [3.63, 3.8) is 0 Å². The Morgan fingerprint density at radius 3 is 2.26 bits per heavy atom. The van der Waals surface area contributed by atoms with Gasteiger partial charge < -0.3 is 24.4 Å². The van der Waals surface area contributed by atoms with Crippen LogP contribution in [-0.4, -0.2) is 46.3 Å². The second-order valence-electron chi connectivity index (χ2n) is 8.00. The van der Waals surface area contributed by atoms with E-state index in [-0.39, 0.29) is 30.9 Å². The van der Waals surface area contributed by atoms with E-state index >= 15 is 0 Å². The van der Waals surface area contributed by atoms with Crippen molar-refractivity contribution in [2.75, 3.05) is 39.7 Å². The summed E-state index contributed by atoms with van der Waals surface area (Å²) in [6.07, 6.45) is 0.963. The van der Waals surface area contributed by atoms with E-state index in [0.29, 0.717) is 11.5 Å². The number of quaternary nitrogens is 1. The van der Waals surface area contributed by atoms with Gasteiger partial charge >= 0.3 is 5.97 Å². The molecule has 166 valence electrons. The number of anilines is 1. The van der Waals surface area contributed by atoms with Crippen molar-refractivity contribution < 1.29 is 28.7 Å². The van der Waals surface area contributed by atoms with Gasteiger partial charge in [0.2, 0.25) is 0 Å². The summed E-state index contributed by atoms with van der Waals surface area (Å²) in [7, 11) is 4.57. The van der Waals surface area contributed by atoms with E-state index in [1.807, 2.05) is 38.1 Å². The number of carbonyl (C=O) groups excluding carboxylic acids is 2. The first-order valence-electron chi connectivity index (χ1n) is 10.4. The molecule has 0 fully saturated rings. The highest BCUT2D eigenvalue weighted by molar-refractivity contribution is 5.91. The summed E-state index contributed by atoms with van der Waals surface area (Å²) in [5, 5.41) is 3.00. The summed E-state index contributed by atoms with van der Waals surface area (Å²) in [5.74, 6) is 0.879. The number of esters is 1. The number of carbonyl (C=O) groups is 2. The molecule has 2 aromatic rings. The maximum atomic E-state index is 12.8. The third-order valence-electron chi connectivity index (χ3n) is 5.72. The number of ether oxygens (including phenoxy) is 3. The first-order valence-corrected chi connectivity index (χ1v) is 10.4. The van der Waals surface area contributed by atoms with Gasteiger partial charge in [-0.3, -0.25) is 9.59 Å². The Kier molecular flexibility index (Phi) is 7.17. The lowest BCUT2D eigenvalue weighted by molar-refractivity contribution is -0.925. The lowest BCUT2D eigenvalue weighted by Crippen LogP contribution is -3.14. The van der Waals surface area contributed by atoms with E-state index in [1.165, 1.54) is 7.11 Å². The second kappa shape index (κ2) is 9.83. The van der Waals surface area contributed by atoms with Crippen LogP contribution in [0, 0.1) is 13.8 Å². The lowest BCUT2D eigenvalue weighted by atomic mass is 9.90. The number of amides is 1. The highest BCUT2D eigenvalue weighted by Gasteiger charge is 2.35. The third kappa shape index (κ3) is 5.35. The molecule has 7 heteroatoms. The maximum absolute atomic E-state index is 12.8. The van der Waals surface area contributed by atoms with Gasteiger partial charge in [-0.1, -0.05) is 6.07 Å². The van der Waals surface area contributed by atoms with Crippen LogP contribution in [0.5, 0.6) is 11.5 Å². The molecule has 0 bridgehead atoms. The predicted molar refractivity (Wildman–Crippen MR) is 118 cm³/mol. The molecular weight excluding hydrogens is 396 g/mol. The number of nitrogens with one attached hydrogen (secondary N) is 2. The van der Waals surface area contributed by atoms with Crippen molar-refractivity contribution in [1.82, 2.24) is 0 Å². The van der Waals surface area contributed by atoms with E-state index < -0.39 is 0 Å². The molecule has 1 heterocycles. The van der Waals surface area contributed by atoms with Gasteiger partial charge in [-0.15, -0.1) is 0 Å². The van der Waals surface area contributed by atoms with Crippen LogP contribution in [0.2, 0.25) is 0 Å². The van der Waals surface area contributed by atoms with Crippen LogP contribution in [-0.2, 0) is 20.7 Å². The molecule has 0 aromatic heterocycles. The summed E-state index contributed by atoms with van der Waals surface area (Å²) >= 11 is 0. The molecule has 7 nitrogen and oxygen atoms in total. The fraction of sp³-hybridized carbons (Fsp3) is 0.417. The summed E-state index contributed by atoms with van der Waals surface area (Å²) in [5.41, 5.74) is 5.07. The minimum Gasteiger partial charge on any atom is -0.493 e. The summed E-state index contributed by atoms with van der Waals surface area (Å²) in [4.78, 5) is 26.0. The van der Waals surface area contributed by atoms with E-state index in [9.17, 15) is 9.59 Å². The van der Waals surface area contributed by atoms with Crippen molar-refractivity contribution in [1.29, 1.82) is 0 Å². The van der Waals surface area contributed by atoms with E-state index in [1.54, 1.807) is 14.2 Å². The zero-order valence-electron chi connectivity index (χ0n) is 18.8. The van der Waals surface area contributed by atoms with Crippen LogP contribution in [0.1, 0.15) is 34.7 Å². The molecule has 1 unspecified atom stereocenters. The smallest absolute Gasteiger partial charge is 0.311 e. The van der Waals surface area contributed by atoms with Crippen LogP contribution < -0.4 is 19.7 Å². The number of aryl methyl sites for hydroxylation is 2. The van der Waals surface area contributed by atoms with Gasteiger partial charge in [0.05, 0.1) is 27.9 Å². The molecule has 0 saturated carbocycles. The molecule has 1 aliphatic heterocycles. The molecule has 31 heavy (non-hydrogen) atoms. The second-order valence-corrected chi connectivity index (χ2v) is 8.00. The highest BCUT2D eigenvalue weighted by atomic mass is 16.5. The summed E-state index contributed by atoms with van der Waals surface area (Å²) < 4.78 is 15.8. The van der Waals surface area contributed by atoms with Gasteiger partial charge in [-0.2, -0.15) is 0 Å². The van der Waals surface area contributed by atoms with Gasteiger partial charge in [-0.25, -0.2) is 0 Å². The molecule has 1 aliphatic rings. The number of hydrogen-bond donors (Lipinski definition) is 2.